The summed E-state index contributed by atoms with van der Waals surface area (Å²) in [5, 5.41) is 20.2. The van der Waals surface area contributed by atoms with Crippen molar-refractivity contribution in [2.75, 3.05) is 14.2 Å². The molecule has 0 fully saturated rings. The maximum Gasteiger partial charge on any atom is 0.203 e. The van der Waals surface area contributed by atoms with Crippen molar-refractivity contribution in [3.63, 3.8) is 0 Å². The monoisotopic (exact) mass is 241 g/mol. The summed E-state index contributed by atoms with van der Waals surface area (Å²) in [6, 6.07) is 2.13. The molecule has 0 saturated carbocycles. The Morgan fingerprint density at radius 3 is 2.59 bits per heavy atom. The third kappa shape index (κ3) is 3.01. The van der Waals surface area contributed by atoms with Crippen LogP contribution in [0.3, 0.4) is 0 Å². The molecule has 4 N–H and O–H groups in total. The van der Waals surface area contributed by atoms with Crippen LogP contribution in [-0.2, 0) is 11.2 Å². The van der Waals surface area contributed by atoms with Gasteiger partial charge in [-0.1, -0.05) is 0 Å². The molecule has 0 aliphatic rings. The van der Waals surface area contributed by atoms with E-state index in [-0.39, 0.29) is 17.9 Å². The molecular weight excluding hydrogens is 226 g/mol. The number of aromatic hydroxyl groups is 1. The number of carboxylic acid groups (broad SMARTS) is 1. The molecule has 0 aliphatic carbocycles. The van der Waals surface area contributed by atoms with Crippen LogP contribution < -0.4 is 20.3 Å². The van der Waals surface area contributed by atoms with Gasteiger partial charge in [0.05, 0.1) is 20.2 Å². The Morgan fingerprint density at radius 2 is 2.12 bits per heavy atom. The van der Waals surface area contributed by atoms with Gasteiger partial charge >= 0.3 is 0 Å². The molecule has 0 heterocycles. The number of phenols is 1. The molecule has 1 rings (SSSR count). The van der Waals surface area contributed by atoms with Gasteiger partial charge in [-0.15, -0.1) is 0 Å². The molecule has 1 atom stereocenters. The highest BCUT2D eigenvalue weighted by Crippen LogP contribution is 2.37. The first-order chi connectivity index (χ1) is 7.99. The minimum Gasteiger partial charge on any atom is -0.544 e. The summed E-state index contributed by atoms with van der Waals surface area (Å²) >= 11 is 0. The Bertz CT molecular complexity index is 419. The quantitative estimate of drug-likeness (QED) is 0.640. The summed E-state index contributed by atoms with van der Waals surface area (Å²) in [4.78, 5) is 10.6. The number of methoxy groups -OCH3 is 2. The summed E-state index contributed by atoms with van der Waals surface area (Å²) in [6.07, 6.45) is 0.149. The Balaban J connectivity index is 3.03. The summed E-state index contributed by atoms with van der Waals surface area (Å²) in [7, 11) is 2.84. The van der Waals surface area contributed by atoms with Crippen molar-refractivity contribution < 1.29 is 30.2 Å². The largest absolute Gasteiger partial charge is 0.544 e. The zero-order valence-electron chi connectivity index (χ0n) is 9.73. The first-order valence-corrected chi connectivity index (χ1v) is 4.97. The van der Waals surface area contributed by atoms with Crippen LogP contribution in [0, 0.1) is 0 Å². The number of quaternary nitrogens is 1. The number of aliphatic carboxylic acids is 1. The lowest BCUT2D eigenvalue weighted by molar-refractivity contribution is -0.437. The number of hydrogen-bond donors (Lipinski definition) is 2. The smallest absolute Gasteiger partial charge is 0.203 e. The highest BCUT2D eigenvalue weighted by molar-refractivity contribution is 5.69. The van der Waals surface area contributed by atoms with E-state index in [0.29, 0.717) is 11.3 Å². The van der Waals surface area contributed by atoms with E-state index in [9.17, 15) is 15.0 Å². The highest BCUT2D eigenvalue weighted by Gasteiger charge is 2.15. The van der Waals surface area contributed by atoms with Gasteiger partial charge < -0.3 is 30.2 Å². The van der Waals surface area contributed by atoms with E-state index >= 15 is 0 Å². The lowest BCUT2D eigenvalue weighted by Crippen LogP contribution is -2.69. The van der Waals surface area contributed by atoms with E-state index in [1.54, 1.807) is 6.07 Å². The van der Waals surface area contributed by atoms with Crippen LogP contribution in [0.15, 0.2) is 12.1 Å². The molecule has 6 heteroatoms. The maximum absolute atomic E-state index is 10.6. The van der Waals surface area contributed by atoms with Gasteiger partial charge in [0, 0.05) is 6.42 Å². The van der Waals surface area contributed by atoms with E-state index in [0.717, 1.165) is 0 Å². The second kappa shape index (κ2) is 5.40. The minimum atomic E-state index is -1.24. The fourth-order valence-corrected chi connectivity index (χ4v) is 1.49. The topological polar surface area (TPSA) is 106 Å². The summed E-state index contributed by atoms with van der Waals surface area (Å²) in [6.45, 7) is 0. The molecule has 1 aromatic carbocycles. The number of carbonyl (C=O) groups excluding carboxylic acids is 1. The average molecular weight is 241 g/mol. The molecule has 0 spiro atoms. The van der Waals surface area contributed by atoms with Gasteiger partial charge in [-0.25, -0.2) is 0 Å². The fourth-order valence-electron chi connectivity index (χ4n) is 1.49. The second-order valence-corrected chi connectivity index (χ2v) is 3.57. The van der Waals surface area contributed by atoms with E-state index in [1.807, 2.05) is 0 Å². The van der Waals surface area contributed by atoms with Crippen LogP contribution in [0.25, 0.3) is 0 Å². The molecule has 0 aromatic heterocycles. The Labute approximate surface area is 98.6 Å². The van der Waals surface area contributed by atoms with Crippen molar-refractivity contribution in [1.82, 2.24) is 0 Å². The molecule has 0 bridgehead atoms. The lowest BCUT2D eigenvalue weighted by Gasteiger charge is -2.13. The van der Waals surface area contributed by atoms with Gasteiger partial charge in [-0.05, 0) is 17.7 Å². The number of carboxylic acids is 1. The predicted octanol–water partition coefficient (Wildman–Crippen LogP) is -1.69. The summed E-state index contributed by atoms with van der Waals surface area (Å²) in [5.41, 5.74) is 4.03. The van der Waals surface area contributed by atoms with Crippen molar-refractivity contribution in [1.29, 1.82) is 0 Å². The molecular formula is C11H15NO5. The van der Waals surface area contributed by atoms with Crippen molar-refractivity contribution >= 4 is 5.97 Å². The van der Waals surface area contributed by atoms with Crippen molar-refractivity contribution in [2.45, 2.75) is 12.5 Å². The minimum absolute atomic E-state index is 0.104. The van der Waals surface area contributed by atoms with Crippen molar-refractivity contribution in [3.8, 4) is 17.2 Å². The van der Waals surface area contributed by atoms with E-state index in [2.05, 4.69) is 5.73 Å². The number of ether oxygens (including phenoxy) is 2. The first-order valence-electron chi connectivity index (χ1n) is 4.97. The van der Waals surface area contributed by atoms with Gasteiger partial charge in [0.1, 0.15) is 6.04 Å². The number of hydrogen-bond acceptors (Lipinski definition) is 5. The number of carbonyl (C=O) groups is 1. The lowest BCUT2D eigenvalue weighted by atomic mass is 10.1. The zero-order valence-corrected chi connectivity index (χ0v) is 9.73. The summed E-state index contributed by atoms with van der Waals surface area (Å²) < 4.78 is 9.99. The van der Waals surface area contributed by atoms with Gasteiger partial charge in [-0.3, -0.25) is 0 Å². The standard InChI is InChI=1S/C11H15NO5/c1-16-9-5-6(3-7(12)11(14)15)4-8(13)10(9)17-2/h4-5,7,13H,3,12H2,1-2H3,(H,14,15)/t7-/m1/s1. The molecule has 17 heavy (non-hydrogen) atoms. The fraction of sp³-hybridized carbons (Fsp3) is 0.364. The van der Waals surface area contributed by atoms with Gasteiger partial charge in [-0.2, -0.15) is 0 Å². The van der Waals surface area contributed by atoms with Gasteiger partial charge in [0.15, 0.2) is 11.5 Å². The van der Waals surface area contributed by atoms with Crippen LogP contribution in [0.5, 0.6) is 17.2 Å². The van der Waals surface area contributed by atoms with Crippen molar-refractivity contribution in [3.05, 3.63) is 17.7 Å². The molecule has 0 radical (unpaired) electrons. The average Bonchev–Trinajstić information content (AvgIpc) is 2.27. The molecule has 0 unspecified atom stereocenters. The highest BCUT2D eigenvalue weighted by atomic mass is 16.5. The molecule has 94 valence electrons. The second-order valence-electron chi connectivity index (χ2n) is 3.57. The van der Waals surface area contributed by atoms with Crippen LogP contribution in [-0.4, -0.2) is 31.3 Å². The normalized spacial score (nSPS) is 11.9. The maximum atomic E-state index is 10.6. The van der Waals surface area contributed by atoms with Crippen LogP contribution in [0.1, 0.15) is 5.56 Å². The predicted molar refractivity (Wildman–Crippen MR) is 56.6 cm³/mol. The third-order valence-corrected chi connectivity index (χ3v) is 2.33. The molecule has 0 saturated heterocycles. The Morgan fingerprint density at radius 1 is 1.47 bits per heavy atom. The molecule has 6 nitrogen and oxygen atoms in total. The molecule has 1 aromatic rings. The van der Waals surface area contributed by atoms with Gasteiger partial charge in [0.25, 0.3) is 0 Å². The molecule has 0 amide bonds. The van der Waals surface area contributed by atoms with Crippen LogP contribution in [0.4, 0.5) is 0 Å². The third-order valence-electron chi connectivity index (χ3n) is 2.33. The zero-order chi connectivity index (χ0) is 13.0. The molecule has 0 aliphatic heterocycles. The summed E-state index contributed by atoms with van der Waals surface area (Å²) in [5.74, 6) is -0.787. The first kappa shape index (κ1) is 13.1. The van der Waals surface area contributed by atoms with E-state index < -0.39 is 12.0 Å². The SMILES string of the molecule is COc1cc(C[C@@H]([NH3+])C(=O)[O-])cc(O)c1OC. The van der Waals surface area contributed by atoms with E-state index in [4.69, 9.17) is 9.47 Å². The van der Waals surface area contributed by atoms with Crippen LogP contribution >= 0.6 is 0 Å². The van der Waals surface area contributed by atoms with Gasteiger partial charge in [0.2, 0.25) is 5.75 Å². The Hall–Kier alpha value is -1.95. The number of benzene rings is 1. The van der Waals surface area contributed by atoms with Crippen molar-refractivity contribution in [2.24, 2.45) is 0 Å². The van der Waals surface area contributed by atoms with E-state index in [1.165, 1.54) is 20.3 Å². The van der Waals surface area contributed by atoms with Crippen LogP contribution in [0.2, 0.25) is 0 Å². The Kier molecular flexibility index (Phi) is 4.17. The number of phenolic OH excluding ortho intramolecular Hbond substituents is 1. The number of rotatable bonds is 5.